The number of amides is 1. The van der Waals surface area contributed by atoms with Gasteiger partial charge in [-0.05, 0) is 30.9 Å². The largest absolute Gasteiger partial charge is 0.480 e. The fourth-order valence-electron chi connectivity index (χ4n) is 1.77. The van der Waals surface area contributed by atoms with E-state index in [2.05, 4.69) is 4.98 Å². The highest BCUT2D eigenvalue weighted by Crippen LogP contribution is 2.30. The van der Waals surface area contributed by atoms with E-state index in [1.807, 2.05) is 0 Å². The summed E-state index contributed by atoms with van der Waals surface area (Å²) in [6.45, 7) is 0.121. The highest BCUT2D eigenvalue weighted by Gasteiger charge is 2.28. The average molecular weight is 303 g/mol. The molecule has 0 bridgehead atoms. The van der Waals surface area contributed by atoms with Gasteiger partial charge < -0.3 is 10.0 Å². The first-order valence-electron chi connectivity index (χ1n) is 5.80. The number of carbonyl (C=O) groups excluding carboxylic acids is 1. The smallest absolute Gasteiger partial charge is 0.323 e. The summed E-state index contributed by atoms with van der Waals surface area (Å²) in [7, 11) is 0. The van der Waals surface area contributed by atoms with Gasteiger partial charge in [-0.3, -0.25) is 9.59 Å². The Labute approximate surface area is 120 Å². The van der Waals surface area contributed by atoms with E-state index in [0.717, 1.165) is 12.8 Å². The zero-order valence-corrected chi connectivity index (χ0v) is 11.5. The maximum atomic E-state index is 12.3. The lowest BCUT2D eigenvalue weighted by Crippen LogP contribution is -2.37. The van der Waals surface area contributed by atoms with Crippen LogP contribution in [0.1, 0.15) is 23.2 Å². The zero-order chi connectivity index (χ0) is 14.0. The number of nitrogens with zero attached hydrogens (tertiary/aromatic N) is 2. The minimum Gasteiger partial charge on any atom is -0.480 e. The van der Waals surface area contributed by atoms with Gasteiger partial charge in [-0.2, -0.15) is 0 Å². The highest BCUT2D eigenvalue weighted by atomic mass is 35.5. The van der Waals surface area contributed by atoms with Crippen molar-refractivity contribution in [3.63, 3.8) is 0 Å². The van der Waals surface area contributed by atoms with Crippen LogP contribution < -0.4 is 0 Å². The predicted molar refractivity (Wildman–Crippen MR) is 70.5 cm³/mol. The van der Waals surface area contributed by atoms with Gasteiger partial charge in [0.05, 0.1) is 0 Å². The Morgan fingerprint density at radius 2 is 1.89 bits per heavy atom. The Bertz CT molecular complexity index is 497. The molecule has 0 atom stereocenters. The van der Waals surface area contributed by atoms with Crippen LogP contribution in [0, 0.1) is 5.92 Å². The van der Waals surface area contributed by atoms with Crippen LogP contribution in [0.25, 0.3) is 0 Å². The molecule has 1 aromatic heterocycles. The van der Waals surface area contributed by atoms with Crippen LogP contribution in [0.4, 0.5) is 0 Å². The lowest BCUT2D eigenvalue weighted by molar-refractivity contribution is -0.137. The first-order chi connectivity index (χ1) is 8.95. The molecule has 0 unspecified atom stereocenters. The summed E-state index contributed by atoms with van der Waals surface area (Å²) in [5.41, 5.74) is 0.256. The van der Waals surface area contributed by atoms with E-state index in [1.165, 1.54) is 17.0 Å². The highest BCUT2D eigenvalue weighted by molar-refractivity contribution is 6.33. The molecule has 1 fully saturated rings. The maximum Gasteiger partial charge on any atom is 0.323 e. The number of hydrogen-bond acceptors (Lipinski definition) is 3. The van der Waals surface area contributed by atoms with Crippen molar-refractivity contribution >= 4 is 35.1 Å². The number of rotatable bonds is 5. The molecule has 7 heteroatoms. The summed E-state index contributed by atoms with van der Waals surface area (Å²) in [4.78, 5) is 28.2. The van der Waals surface area contributed by atoms with Crippen LogP contribution in [0.15, 0.2) is 12.1 Å². The van der Waals surface area contributed by atoms with Gasteiger partial charge in [0.2, 0.25) is 0 Å². The number of carboxylic acid groups (broad SMARTS) is 1. The molecule has 1 saturated carbocycles. The topological polar surface area (TPSA) is 70.5 Å². The number of hydrogen-bond donors (Lipinski definition) is 1. The summed E-state index contributed by atoms with van der Waals surface area (Å²) in [6, 6.07) is 2.77. The maximum absolute atomic E-state index is 12.3. The van der Waals surface area contributed by atoms with Gasteiger partial charge in [-0.1, -0.05) is 23.2 Å². The molecule has 1 aliphatic rings. The van der Waals surface area contributed by atoms with Crippen LogP contribution >= 0.6 is 23.2 Å². The Morgan fingerprint density at radius 1 is 1.32 bits per heavy atom. The SMILES string of the molecule is O=C(O)CN(CC1CC1)C(=O)c1cc(Cl)nc(Cl)c1. The van der Waals surface area contributed by atoms with E-state index in [9.17, 15) is 9.59 Å². The summed E-state index contributed by atoms with van der Waals surface area (Å²) in [5.74, 6) is -1.03. The lowest BCUT2D eigenvalue weighted by Gasteiger charge is -2.20. The van der Waals surface area contributed by atoms with Crippen LogP contribution in [0.5, 0.6) is 0 Å². The Hall–Kier alpha value is -1.33. The minimum absolute atomic E-state index is 0.109. The summed E-state index contributed by atoms with van der Waals surface area (Å²) < 4.78 is 0. The Morgan fingerprint density at radius 3 is 2.37 bits per heavy atom. The fraction of sp³-hybridized carbons (Fsp3) is 0.417. The Kier molecular flexibility index (Phi) is 4.27. The van der Waals surface area contributed by atoms with Crippen LogP contribution in [0.2, 0.25) is 10.3 Å². The van der Waals surface area contributed by atoms with Gasteiger partial charge in [-0.15, -0.1) is 0 Å². The number of carboxylic acids is 1. The molecule has 0 spiro atoms. The molecular weight excluding hydrogens is 291 g/mol. The summed E-state index contributed by atoms with van der Waals surface area (Å²) in [6.07, 6.45) is 2.06. The van der Waals surface area contributed by atoms with E-state index in [-0.39, 0.29) is 28.3 Å². The minimum atomic E-state index is -1.04. The lowest BCUT2D eigenvalue weighted by atomic mass is 10.2. The second-order valence-corrected chi connectivity index (χ2v) is 5.30. The third-order valence-electron chi connectivity index (χ3n) is 2.80. The first-order valence-corrected chi connectivity index (χ1v) is 6.55. The third-order valence-corrected chi connectivity index (χ3v) is 3.19. The number of aromatic nitrogens is 1. The van der Waals surface area contributed by atoms with Crippen molar-refractivity contribution < 1.29 is 14.7 Å². The summed E-state index contributed by atoms with van der Waals surface area (Å²) in [5, 5.41) is 9.08. The second-order valence-electron chi connectivity index (χ2n) is 4.52. The molecule has 0 saturated heterocycles. The molecule has 0 aliphatic heterocycles. The van der Waals surface area contributed by atoms with E-state index >= 15 is 0 Å². The number of halogens is 2. The molecule has 19 heavy (non-hydrogen) atoms. The van der Waals surface area contributed by atoms with Crippen molar-refractivity contribution in [1.82, 2.24) is 9.88 Å². The van der Waals surface area contributed by atoms with Gasteiger partial charge in [0.25, 0.3) is 5.91 Å². The average Bonchev–Trinajstić information content (AvgIpc) is 3.09. The number of aliphatic carboxylic acids is 1. The van der Waals surface area contributed by atoms with Crippen molar-refractivity contribution in [3.05, 3.63) is 28.0 Å². The molecule has 1 aliphatic carbocycles. The molecule has 1 N–H and O–H groups in total. The molecule has 5 nitrogen and oxygen atoms in total. The van der Waals surface area contributed by atoms with Gasteiger partial charge in [0.1, 0.15) is 16.9 Å². The predicted octanol–water partition coefficient (Wildman–Crippen LogP) is 2.33. The van der Waals surface area contributed by atoms with Crippen molar-refractivity contribution in [2.45, 2.75) is 12.8 Å². The number of carbonyl (C=O) groups is 2. The Balaban J connectivity index is 2.18. The van der Waals surface area contributed by atoms with Crippen LogP contribution in [-0.4, -0.2) is 40.0 Å². The molecular formula is C12H12Cl2N2O3. The van der Waals surface area contributed by atoms with Crippen LogP contribution in [-0.2, 0) is 4.79 Å². The molecule has 1 aromatic rings. The molecule has 0 aromatic carbocycles. The molecule has 102 valence electrons. The van der Waals surface area contributed by atoms with Crippen molar-refractivity contribution in [2.24, 2.45) is 5.92 Å². The van der Waals surface area contributed by atoms with Crippen LogP contribution in [0.3, 0.4) is 0 Å². The van der Waals surface area contributed by atoms with E-state index in [0.29, 0.717) is 12.5 Å². The van der Waals surface area contributed by atoms with Crippen molar-refractivity contribution in [2.75, 3.05) is 13.1 Å². The van der Waals surface area contributed by atoms with Gasteiger partial charge in [-0.25, -0.2) is 4.98 Å². The van der Waals surface area contributed by atoms with Crippen molar-refractivity contribution in [1.29, 1.82) is 0 Å². The zero-order valence-electron chi connectivity index (χ0n) is 9.97. The van der Waals surface area contributed by atoms with Crippen molar-refractivity contribution in [3.8, 4) is 0 Å². The standard InChI is InChI=1S/C12H12Cl2N2O3/c13-9-3-8(4-10(14)15-9)12(19)16(6-11(17)18)5-7-1-2-7/h3-4,7H,1-2,5-6H2,(H,17,18). The quantitative estimate of drug-likeness (QED) is 0.847. The van der Waals surface area contributed by atoms with Gasteiger partial charge >= 0.3 is 5.97 Å². The monoisotopic (exact) mass is 302 g/mol. The van der Waals surface area contributed by atoms with E-state index < -0.39 is 5.97 Å². The second kappa shape index (κ2) is 5.75. The number of pyridine rings is 1. The first kappa shape index (κ1) is 14.1. The third kappa shape index (κ3) is 4.08. The van der Waals surface area contributed by atoms with Gasteiger partial charge in [0, 0.05) is 12.1 Å². The molecule has 1 heterocycles. The van der Waals surface area contributed by atoms with E-state index in [4.69, 9.17) is 28.3 Å². The fourth-order valence-corrected chi connectivity index (χ4v) is 2.23. The summed E-state index contributed by atoms with van der Waals surface area (Å²) >= 11 is 11.5. The normalized spacial score (nSPS) is 14.2. The molecule has 0 radical (unpaired) electrons. The van der Waals surface area contributed by atoms with Gasteiger partial charge in [0.15, 0.2) is 0 Å². The molecule has 2 rings (SSSR count). The van der Waals surface area contributed by atoms with E-state index in [1.54, 1.807) is 0 Å². The molecule has 1 amide bonds.